The maximum Gasteiger partial charge on any atom is 0.249 e. The Kier molecular flexibility index (Phi) is 5.53. The molecule has 1 N–H and O–H groups in total. The quantitative estimate of drug-likeness (QED) is 0.831. The first-order chi connectivity index (χ1) is 12.5. The van der Waals surface area contributed by atoms with E-state index in [-0.39, 0.29) is 18.4 Å². The predicted octanol–water partition coefficient (Wildman–Crippen LogP) is 0.310. The molecule has 2 amide bonds. The highest BCUT2D eigenvalue weighted by molar-refractivity contribution is 5.88. The number of likely N-dealkylation sites (N-methyl/N-ethyl adjacent to an activating group) is 2. The Labute approximate surface area is 152 Å². The number of ether oxygens (including phenoxy) is 1. The summed E-state index contributed by atoms with van der Waals surface area (Å²) in [5, 5.41) is 0. The molecule has 140 valence electrons. The van der Waals surface area contributed by atoms with Crippen LogP contribution in [0.5, 0.6) is 0 Å². The number of H-pyrrole nitrogens is 1. The fourth-order valence-electron chi connectivity index (χ4n) is 3.27. The summed E-state index contributed by atoms with van der Waals surface area (Å²) >= 11 is 0. The van der Waals surface area contributed by atoms with Crippen LogP contribution in [0.2, 0.25) is 0 Å². The number of hydrogen-bond donors (Lipinski definition) is 1. The van der Waals surface area contributed by atoms with Crippen molar-refractivity contribution < 1.29 is 14.3 Å². The topological polar surface area (TPSA) is 81.8 Å². The number of carbonyl (C=O) groups is 2. The molecule has 26 heavy (non-hydrogen) atoms. The molecule has 1 fully saturated rings. The van der Waals surface area contributed by atoms with Crippen molar-refractivity contribution in [3.8, 4) is 0 Å². The molecule has 1 unspecified atom stereocenters. The molecule has 8 nitrogen and oxygen atoms in total. The van der Waals surface area contributed by atoms with E-state index in [1.807, 2.05) is 31.3 Å². The van der Waals surface area contributed by atoms with Gasteiger partial charge < -0.3 is 24.4 Å². The van der Waals surface area contributed by atoms with E-state index in [0.29, 0.717) is 19.6 Å². The molecule has 1 aromatic heterocycles. The van der Waals surface area contributed by atoms with Crippen molar-refractivity contribution >= 4 is 22.8 Å². The van der Waals surface area contributed by atoms with Crippen LogP contribution in [0.4, 0.5) is 0 Å². The van der Waals surface area contributed by atoms with Crippen LogP contribution in [0, 0.1) is 0 Å². The molecule has 0 spiro atoms. The van der Waals surface area contributed by atoms with Gasteiger partial charge in [0.25, 0.3) is 0 Å². The highest BCUT2D eigenvalue weighted by Crippen LogP contribution is 2.15. The van der Waals surface area contributed by atoms with Crippen LogP contribution in [0.15, 0.2) is 24.3 Å². The van der Waals surface area contributed by atoms with E-state index in [9.17, 15) is 9.59 Å². The molecule has 1 aromatic carbocycles. The lowest BCUT2D eigenvalue weighted by molar-refractivity contribution is -0.150. The van der Waals surface area contributed by atoms with Crippen molar-refractivity contribution in [2.45, 2.75) is 12.6 Å². The summed E-state index contributed by atoms with van der Waals surface area (Å²) in [5.74, 6) is 0.471. The normalized spacial score (nSPS) is 18.3. The van der Waals surface area contributed by atoms with Crippen LogP contribution in [0.3, 0.4) is 0 Å². The number of aromatic nitrogens is 2. The number of para-hydroxylation sites is 2. The minimum absolute atomic E-state index is 0.0131. The summed E-state index contributed by atoms with van der Waals surface area (Å²) in [6, 6.07) is 7.24. The van der Waals surface area contributed by atoms with Crippen LogP contribution in [0.25, 0.3) is 11.0 Å². The van der Waals surface area contributed by atoms with Gasteiger partial charge in [-0.2, -0.15) is 0 Å². The van der Waals surface area contributed by atoms with E-state index in [2.05, 4.69) is 14.9 Å². The number of carbonyl (C=O) groups excluding carboxylic acids is 2. The second kappa shape index (κ2) is 7.84. The molecule has 1 atom stereocenters. The number of fused-ring (bicyclic) bond motifs is 1. The largest absolute Gasteiger partial charge is 0.375 e. The van der Waals surface area contributed by atoms with Crippen molar-refractivity contribution in [3.05, 3.63) is 30.1 Å². The van der Waals surface area contributed by atoms with E-state index in [4.69, 9.17) is 4.74 Å². The van der Waals surface area contributed by atoms with Gasteiger partial charge in [0.05, 0.1) is 17.6 Å². The van der Waals surface area contributed by atoms with Crippen molar-refractivity contribution in [1.29, 1.82) is 0 Å². The van der Waals surface area contributed by atoms with Gasteiger partial charge in [0.2, 0.25) is 11.8 Å². The first-order valence-corrected chi connectivity index (χ1v) is 8.65. The first-order valence-electron chi connectivity index (χ1n) is 8.65. The second-order valence-corrected chi connectivity index (χ2v) is 6.69. The number of hydrogen-bond acceptors (Lipinski definition) is 5. The summed E-state index contributed by atoms with van der Waals surface area (Å²) in [6.07, 6.45) is 0. The lowest BCUT2D eigenvalue weighted by Crippen LogP contribution is -2.60. The number of piperazine rings is 1. The number of imidazole rings is 1. The molecule has 1 aliphatic rings. The van der Waals surface area contributed by atoms with Gasteiger partial charge >= 0.3 is 0 Å². The number of rotatable bonds is 5. The maximum atomic E-state index is 13.0. The van der Waals surface area contributed by atoms with Crippen LogP contribution in [0.1, 0.15) is 5.82 Å². The number of amides is 2. The number of nitrogens with one attached hydrogen (secondary N) is 1. The van der Waals surface area contributed by atoms with Gasteiger partial charge in [-0.3, -0.25) is 9.59 Å². The lowest BCUT2D eigenvalue weighted by atomic mass is 10.1. The summed E-state index contributed by atoms with van der Waals surface area (Å²) in [5.41, 5.74) is 1.82. The number of benzene rings is 1. The second-order valence-electron chi connectivity index (χ2n) is 6.69. The number of methoxy groups -OCH3 is 1. The van der Waals surface area contributed by atoms with E-state index in [1.165, 1.54) is 7.11 Å². The first kappa shape index (κ1) is 18.3. The smallest absolute Gasteiger partial charge is 0.249 e. The molecular formula is C18H25N5O3. The monoisotopic (exact) mass is 359 g/mol. The molecule has 0 radical (unpaired) electrons. The lowest BCUT2D eigenvalue weighted by Gasteiger charge is -2.40. The Bertz CT molecular complexity index is 757. The third kappa shape index (κ3) is 3.86. The summed E-state index contributed by atoms with van der Waals surface area (Å²) in [4.78, 5) is 38.4. The SMILES string of the molecule is COCC(=O)N1CCN(C)CC1C(=O)N(C)Cc1nc2ccccc2[nH]1. The van der Waals surface area contributed by atoms with Gasteiger partial charge in [-0.15, -0.1) is 0 Å². The molecule has 8 heteroatoms. The Morgan fingerprint density at radius 3 is 2.85 bits per heavy atom. The van der Waals surface area contributed by atoms with Crippen LogP contribution >= 0.6 is 0 Å². The molecule has 0 bridgehead atoms. The third-order valence-corrected chi connectivity index (χ3v) is 4.66. The fourth-order valence-corrected chi connectivity index (χ4v) is 3.27. The van der Waals surface area contributed by atoms with Crippen molar-refractivity contribution in [2.75, 3.05) is 47.4 Å². The van der Waals surface area contributed by atoms with Gasteiger partial charge in [0.15, 0.2) is 0 Å². The Hall–Kier alpha value is -2.45. The molecule has 1 aliphatic heterocycles. The summed E-state index contributed by atoms with van der Waals surface area (Å²) in [7, 11) is 5.18. The van der Waals surface area contributed by atoms with Gasteiger partial charge in [-0.25, -0.2) is 4.98 Å². The third-order valence-electron chi connectivity index (χ3n) is 4.66. The zero-order chi connectivity index (χ0) is 18.7. The van der Waals surface area contributed by atoms with Gasteiger partial charge in [-0.05, 0) is 19.2 Å². The average Bonchev–Trinajstić information content (AvgIpc) is 3.03. The van der Waals surface area contributed by atoms with E-state index in [0.717, 1.165) is 23.4 Å². The molecule has 0 aliphatic carbocycles. The minimum atomic E-state index is -0.509. The molecule has 3 rings (SSSR count). The van der Waals surface area contributed by atoms with Crippen molar-refractivity contribution in [2.24, 2.45) is 0 Å². The van der Waals surface area contributed by atoms with E-state index < -0.39 is 6.04 Å². The molecule has 1 saturated heterocycles. The highest BCUT2D eigenvalue weighted by atomic mass is 16.5. The van der Waals surface area contributed by atoms with Gasteiger partial charge in [0.1, 0.15) is 18.5 Å². The summed E-state index contributed by atoms with van der Waals surface area (Å²) < 4.78 is 4.96. The molecular weight excluding hydrogens is 334 g/mol. The van der Waals surface area contributed by atoms with Crippen molar-refractivity contribution in [3.63, 3.8) is 0 Å². The van der Waals surface area contributed by atoms with E-state index >= 15 is 0 Å². The average molecular weight is 359 g/mol. The fraction of sp³-hybridized carbons (Fsp3) is 0.500. The van der Waals surface area contributed by atoms with E-state index in [1.54, 1.807) is 16.8 Å². The maximum absolute atomic E-state index is 13.0. The zero-order valence-electron chi connectivity index (χ0n) is 15.4. The van der Waals surface area contributed by atoms with Crippen LogP contribution in [-0.2, 0) is 20.9 Å². The number of nitrogens with zero attached hydrogens (tertiary/aromatic N) is 4. The molecule has 0 saturated carbocycles. The van der Waals surface area contributed by atoms with Gasteiger partial charge in [0, 0.05) is 33.8 Å². The molecule has 2 heterocycles. The Morgan fingerprint density at radius 1 is 1.35 bits per heavy atom. The molecule has 2 aromatic rings. The van der Waals surface area contributed by atoms with Crippen LogP contribution in [-0.4, -0.2) is 90.0 Å². The van der Waals surface area contributed by atoms with Crippen LogP contribution < -0.4 is 0 Å². The number of aromatic amines is 1. The minimum Gasteiger partial charge on any atom is -0.375 e. The Morgan fingerprint density at radius 2 is 2.12 bits per heavy atom. The standard InChI is InChI=1S/C18H25N5O3/c1-21-8-9-23(17(24)12-26-3)15(10-21)18(25)22(2)11-16-19-13-6-4-5-7-14(13)20-16/h4-7,15H,8-12H2,1-3H3,(H,19,20). The predicted molar refractivity (Wildman–Crippen MR) is 97.4 cm³/mol. The zero-order valence-corrected chi connectivity index (χ0v) is 15.4. The summed E-state index contributed by atoms with van der Waals surface area (Å²) in [6.45, 7) is 2.12. The van der Waals surface area contributed by atoms with Gasteiger partial charge in [-0.1, -0.05) is 12.1 Å². The Balaban J connectivity index is 1.73. The highest BCUT2D eigenvalue weighted by Gasteiger charge is 2.35. The van der Waals surface area contributed by atoms with Crippen molar-refractivity contribution in [1.82, 2.24) is 24.7 Å².